The molecular formula is C30H27BrCl2N2O5. The van der Waals surface area contributed by atoms with E-state index in [0.717, 1.165) is 5.56 Å². The highest BCUT2D eigenvalue weighted by atomic mass is 79.9. The minimum Gasteiger partial charge on any atom is -0.490 e. The number of hydrogen-bond acceptors (Lipinski definition) is 6. The molecule has 0 saturated carbocycles. The lowest BCUT2D eigenvalue weighted by Crippen LogP contribution is -2.22. The van der Waals surface area contributed by atoms with Gasteiger partial charge in [0.05, 0.1) is 44.7 Å². The van der Waals surface area contributed by atoms with Crippen LogP contribution in [0.15, 0.2) is 69.7 Å². The topological polar surface area (TPSA) is 77.4 Å². The highest BCUT2D eigenvalue weighted by Crippen LogP contribution is 2.39. The van der Waals surface area contributed by atoms with Crippen molar-refractivity contribution >= 4 is 68.5 Å². The molecule has 0 aliphatic carbocycles. The van der Waals surface area contributed by atoms with Gasteiger partial charge in [0.2, 0.25) is 0 Å². The van der Waals surface area contributed by atoms with Crippen LogP contribution in [0.3, 0.4) is 0 Å². The van der Waals surface area contributed by atoms with Crippen LogP contribution in [0.1, 0.15) is 49.2 Å². The molecule has 0 saturated heterocycles. The van der Waals surface area contributed by atoms with Crippen molar-refractivity contribution in [1.29, 1.82) is 0 Å². The largest absolute Gasteiger partial charge is 0.490 e. The Bertz CT molecular complexity index is 1520. The second-order valence-corrected chi connectivity index (χ2v) is 10.8. The Morgan fingerprint density at radius 2 is 1.82 bits per heavy atom. The monoisotopic (exact) mass is 644 g/mol. The van der Waals surface area contributed by atoms with Crippen LogP contribution in [0.4, 0.5) is 5.69 Å². The number of ether oxygens (including phenoxy) is 3. The molecule has 0 fully saturated rings. The van der Waals surface area contributed by atoms with Crippen molar-refractivity contribution < 1.29 is 23.8 Å². The Balaban J connectivity index is 1.61. The van der Waals surface area contributed by atoms with Crippen LogP contribution in [-0.4, -0.2) is 30.3 Å². The normalized spacial score (nSPS) is 14.1. The molecule has 0 unspecified atom stereocenters. The highest BCUT2D eigenvalue weighted by Gasteiger charge is 2.30. The number of esters is 1. The fourth-order valence-electron chi connectivity index (χ4n) is 3.94. The summed E-state index contributed by atoms with van der Waals surface area (Å²) in [5.74, 6) is 0.112. The van der Waals surface area contributed by atoms with Crippen molar-refractivity contribution in [2.45, 2.75) is 40.4 Å². The first-order chi connectivity index (χ1) is 19.1. The molecule has 3 aromatic carbocycles. The molecule has 1 heterocycles. The summed E-state index contributed by atoms with van der Waals surface area (Å²) in [5, 5.41) is 6.51. The van der Waals surface area contributed by atoms with Crippen LogP contribution in [0.2, 0.25) is 10.0 Å². The fraction of sp³-hybridized carbons (Fsp3) is 0.233. The number of nitrogens with zero attached hydrogens (tertiary/aromatic N) is 2. The van der Waals surface area contributed by atoms with E-state index in [1.165, 1.54) is 11.1 Å². The van der Waals surface area contributed by atoms with E-state index >= 15 is 0 Å². The summed E-state index contributed by atoms with van der Waals surface area (Å²) < 4.78 is 17.9. The zero-order valence-electron chi connectivity index (χ0n) is 22.3. The van der Waals surface area contributed by atoms with Crippen molar-refractivity contribution in [2.24, 2.45) is 5.10 Å². The third-order valence-electron chi connectivity index (χ3n) is 5.79. The number of amides is 1. The van der Waals surface area contributed by atoms with Gasteiger partial charge in [0.15, 0.2) is 11.5 Å². The number of hydrogen-bond donors (Lipinski definition) is 0. The van der Waals surface area contributed by atoms with Crippen LogP contribution in [-0.2, 0) is 16.1 Å². The molecule has 208 valence electrons. The van der Waals surface area contributed by atoms with Gasteiger partial charge in [-0.3, -0.25) is 4.79 Å². The maximum absolute atomic E-state index is 13.4. The van der Waals surface area contributed by atoms with Gasteiger partial charge in [0.1, 0.15) is 6.61 Å². The summed E-state index contributed by atoms with van der Waals surface area (Å²) in [7, 11) is 0. The van der Waals surface area contributed by atoms with Crippen LogP contribution in [0.25, 0.3) is 6.08 Å². The molecule has 3 aromatic rings. The Hall–Kier alpha value is -3.33. The summed E-state index contributed by atoms with van der Waals surface area (Å²) in [5.41, 5.74) is 3.00. The molecule has 1 aliphatic heterocycles. The summed E-state index contributed by atoms with van der Waals surface area (Å²) in [6.45, 7) is 7.79. The first-order valence-electron chi connectivity index (χ1n) is 12.5. The van der Waals surface area contributed by atoms with Crippen LogP contribution < -0.4 is 14.5 Å². The first kappa shape index (κ1) is 29.6. The summed E-state index contributed by atoms with van der Waals surface area (Å²) in [6, 6.07) is 15.8. The van der Waals surface area contributed by atoms with Gasteiger partial charge >= 0.3 is 5.97 Å². The molecule has 0 N–H and O–H groups in total. The van der Waals surface area contributed by atoms with E-state index < -0.39 is 5.97 Å². The summed E-state index contributed by atoms with van der Waals surface area (Å²) >= 11 is 16.1. The maximum atomic E-state index is 13.4. The van der Waals surface area contributed by atoms with E-state index in [0.29, 0.717) is 50.1 Å². The number of anilines is 1. The molecule has 0 bridgehead atoms. The van der Waals surface area contributed by atoms with E-state index in [9.17, 15) is 9.59 Å². The minimum atomic E-state index is -0.574. The number of halogens is 3. The Morgan fingerprint density at radius 3 is 2.52 bits per heavy atom. The second-order valence-electron chi connectivity index (χ2n) is 9.12. The number of rotatable bonds is 9. The first-order valence-corrected chi connectivity index (χ1v) is 14.1. The van der Waals surface area contributed by atoms with Crippen molar-refractivity contribution in [1.82, 2.24) is 0 Å². The number of benzene rings is 3. The quantitative estimate of drug-likeness (QED) is 0.174. The van der Waals surface area contributed by atoms with Gasteiger partial charge in [-0.25, -0.2) is 4.79 Å². The molecule has 0 atom stereocenters. The van der Waals surface area contributed by atoms with Crippen molar-refractivity contribution in [3.05, 3.63) is 91.4 Å². The van der Waals surface area contributed by atoms with Gasteiger partial charge in [-0.05, 0) is 91.7 Å². The van der Waals surface area contributed by atoms with Gasteiger partial charge in [0.25, 0.3) is 5.91 Å². The molecule has 40 heavy (non-hydrogen) atoms. The Kier molecular flexibility index (Phi) is 9.56. The minimum absolute atomic E-state index is 0.156. The van der Waals surface area contributed by atoms with Gasteiger partial charge in [0, 0.05) is 10.6 Å². The second kappa shape index (κ2) is 12.9. The average Bonchev–Trinajstić information content (AvgIpc) is 3.17. The molecule has 10 heteroatoms. The third kappa shape index (κ3) is 6.69. The molecule has 0 radical (unpaired) electrons. The lowest BCUT2D eigenvalue weighted by molar-refractivity contribution is -0.114. The average molecular weight is 646 g/mol. The van der Waals surface area contributed by atoms with Gasteiger partial charge in [-0.2, -0.15) is 10.1 Å². The van der Waals surface area contributed by atoms with Crippen LogP contribution in [0, 0.1) is 0 Å². The van der Waals surface area contributed by atoms with Crippen LogP contribution in [0.5, 0.6) is 11.5 Å². The molecule has 1 amide bonds. The van der Waals surface area contributed by atoms with E-state index in [1.54, 1.807) is 45.0 Å². The van der Waals surface area contributed by atoms with E-state index in [2.05, 4.69) is 21.0 Å². The Labute approximate surface area is 251 Å². The smallest absolute Gasteiger partial charge is 0.339 e. The zero-order valence-corrected chi connectivity index (χ0v) is 25.4. The number of hydrazone groups is 1. The number of carbonyl (C=O) groups excluding carboxylic acids is 2. The van der Waals surface area contributed by atoms with Gasteiger partial charge in [-0.1, -0.05) is 41.4 Å². The molecular weight excluding hydrogens is 619 g/mol. The van der Waals surface area contributed by atoms with Gasteiger partial charge < -0.3 is 14.2 Å². The predicted octanol–water partition coefficient (Wildman–Crippen LogP) is 8.10. The van der Waals surface area contributed by atoms with Gasteiger partial charge in [-0.15, -0.1) is 0 Å². The maximum Gasteiger partial charge on any atom is 0.339 e. The van der Waals surface area contributed by atoms with Crippen LogP contribution >= 0.6 is 39.1 Å². The molecule has 4 rings (SSSR count). The lowest BCUT2D eigenvalue weighted by Gasteiger charge is -2.16. The molecule has 0 aromatic heterocycles. The van der Waals surface area contributed by atoms with Crippen molar-refractivity contribution in [3.8, 4) is 11.5 Å². The molecule has 7 nitrogen and oxygen atoms in total. The SMILES string of the molecule is CCOc1cc(/C=C2\C(=O)N(c3ccc(Cl)c(C(=O)OC(C)C)c3)N=C2C)cc(Br)c1OCc1ccccc1Cl. The lowest BCUT2D eigenvalue weighted by atomic mass is 10.1. The predicted molar refractivity (Wildman–Crippen MR) is 162 cm³/mol. The van der Waals surface area contributed by atoms with Crippen molar-refractivity contribution in [2.75, 3.05) is 11.6 Å². The number of carbonyl (C=O) groups is 2. The zero-order chi connectivity index (χ0) is 29.0. The highest BCUT2D eigenvalue weighted by molar-refractivity contribution is 9.10. The van der Waals surface area contributed by atoms with E-state index in [4.69, 9.17) is 37.4 Å². The molecule has 0 spiro atoms. The van der Waals surface area contributed by atoms with Crippen molar-refractivity contribution in [3.63, 3.8) is 0 Å². The standard InChI is InChI=1S/C30H27BrCl2N2O5/c1-5-38-27-14-19(13-24(31)28(27)39-16-20-8-6-7-9-25(20)32)12-22-18(4)34-35(29(22)36)21-10-11-26(33)23(15-21)30(37)40-17(2)3/h6-15,17H,5,16H2,1-4H3/b22-12-. The molecule has 1 aliphatic rings. The van der Waals surface area contributed by atoms with E-state index in [-0.39, 0.29) is 29.2 Å². The summed E-state index contributed by atoms with van der Waals surface area (Å²) in [4.78, 5) is 25.9. The summed E-state index contributed by atoms with van der Waals surface area (Å²) in [6.07, 6.45) is 1.42. The third-order valence-corrected chi connectivity index (χ3v) is 7.08. The Morgan fingerprint density at radius 1 is 1.07 bits per heavy atom. The fourth-order valence-corrected chi connectivity index (χ4v) is 4.90. The van der Waals surface area contributed by atoms with E-state index in [1.807, 2.05) is 37.3 Å².